The van der Waals surface area contributed by atoms with Gasteiger partial charge in [-0.15, -0.1) is 45.3 Å². The highest BCUT2D eigenvalue weighted by Gasteiger charge is 2.29. The van der Waals surface area contributed by atoms with Crippen molar-refractivity contribution in [3.8, 4) is 46.0 Å². The van der Waals surface area contributed by atoms with Crippen LogP contribution in [0, 0.1) is 55.4 Å². The molecule has 0 fully saturated rings. The molecule has 0 saturated heterocycles. The molecule has 8 heterocycles. The molecule has 2 atom stereocenters. The standard InChI is InChI=1S/2C13H20O6S2.2C12H18O6S2/c1-9-12-13(10(2)20-9)19-8-11(7-18-12)17-5-3-4-6-21(14,15)16;1-9-12-13(10(2)20-9)19-11(8-18-12)7-17-5-3-4-6-21(14,15)16;1-8-11-12(9(2)19-8)18-7-10(6-17-11)16-4-3-5-20(13,14)15;1-8-11-12(9(2)19-8)18-10(7-17-11)6-16-4-3-5-20(13,14)15/h2*11H,3-8H2,1-2H3,(H,14,15,16);2*10H,3-7H2,1-2H3,(H,13,14,15). The van der Waals surface area contributed by atoms with Crippen molar-refractivity contribution in [3.63, 3.8) is 0 Å². The molecule has 468 valence electrons. The summed E-state index contributed by atoms with van der Waals surface area (Å²) in [6, 6.07) is 0. The van der Waals surface area contributed by atoms with Crippen LogP contribution in [0.15, 0.2) is 0 Å². The first-order valence-electron chi connectivity index (χ1n) is 26.1. The molecule has 0 bridgehead atoms. The fourth-order valence-corrected chi connectivity index (χ4v) is 14.0. The Morgan fingerprint density at radius 1 is 0.366 bits per heavy atom. The van der Waals surface area contributed by atoms with E-state index in [0.29, 0.717) is 91.8 Å². The van der Waals surface area contributed by atoms with Gasteiger partial charge in [-0.25, -0.2) is 33.7 Å². The molecule has 0 N–H and O–H groups in total. The zero-order chi connectivity index (χ0) is 60.4. The van der Waals surface area contributed by atoms with Gasteiger partial charge in [0, 0.05) is 88.5 Å². The third-order valence-corrected chi connectivity index (χ3v) is 19.0. The van der Waals surface area contributed by atoms with Crippen LogP contribution in [0.5, 0.6) is 46.0 Å². The largest absolute Gasteiger partial charge is 1.00 e. The minimum Gasteiger partial charge on any atom is -0.748 e. The summed E-state index contributed by atoms with van der Waals surface area (Å²) >= 11 is 6.55. The maximum atomic E-state index is 10.5. The molecule has 0 aliphatic carbocycles. The zero-order valence-corrected chi connectivity index (χ0v) is 53.5. The lowest BCUT2D eigenvalue weighted by atomic mass is 10.3. The van der Waals surface area contributed by atoms with E-state index in [-0.39, 0.29) is 67.7 Å². The number of hydrogen-bond donors (Lipinski definition) is 0. The third kappa shape index (κ3) is 24.2. The van der Waals surface area contributed by atoms with E-state index in [1.54, 1.807) is 45.3 Å². The molecule has 0 amide bonds. The fraction of sp³-hybridized carbons (Fsp3) is 0.680. The highest BCUT2D eigenvalue weighted by molar-refractivity contribution is 7.86. The second-order valence-corrected chi connectivity index (χ2v) is 31.0. The van der Waals surface area contributed by atoms with Crippen molar-refractivity contribution in [2.75, 3.05) is 102 Å². The Morgan fingerprint density at radius 3 is 0.939 bits per heavy atom. The van der Waals surface area contributed by atoms with Crippen LogP contribution < -0.4 is 37.9 Å². The van der Waals surface area contributed by atoms with Gasteiger partial charge < -0.3 is 75.1 Å². The number of hydrogen-bond acceptors (Lipinski definition) is 28. The van der Waals surface area contributed by atoms with Gasteiger partial charge in [-0.3, -0.25) is 0 Å². The molecular formula is C50H76O24S8. The van der Waals surface area contributed by atoms with Crippen molar-refractivity contribution in [1.82, 2.24) is 0 Å². The minimum atomic E-state index is -4.17. The Balaban J connectivity index is 0.000000565. The molecule has 4 aliphatic heterocycles. The first kappa shape index (κ1) is 69.5. The van der Waals surface area contributed by atoms with Gasteiger partial charge in [0.25, 0.3) is 0 Å². The maximum absolute atomic E-state index is 10.5. The lowest BCUT2D eigenvalue weighted by Gasteiger charge is -2.25. The lowest BCUT2D eigenvalue weighted by Crippen LogP contribution is -2.33. The zero-order valence-electron chi connectivity index (χ0n) is 50.9. The first-order valence-corrected chi connectivity index (χ1v) is 35.7. The smallest absolute Gasteiger partial charge is 0.748 e. The SMILES string of the molecule is Cc1sc(C)c2c1OCC(COCCCCS(=O)(=O)[O-])O2.Cc1sc(C)c2c1OCC(COCCCS(=O)(=O)[O-])O2.Cc1sc(C)c2c1OCC(OCCCCS(=O)(=O)[O-])CO2.Cc1sc(C)c2c1OCC(OCCCS(=O)(=O)[O-])CO2.[H+].[H+].[H+].[H+]. The van der Waals surface area contributed by atoms with E-state index < -0.39 is 52.0 Å². The Labute approximate surface area is 502 Å². The topological polar surface area (TPSA) is 340 Å². The van der Waals surface area contributed by atoms with E-state index in [0.717, 1.165) is 85.0 Å². The minimum absolute atomic E-state index is 0. The van der Waals surface area contributed by atoms with Crippen molar-refractivity contribution in [1.29, 1.82) is 0 Å². The Bertz CT molecular complexity index is 3040. The molecule has 0 aromatic carbocycles. The molecule has 4 aliphatic rings. The van der Waals surface area contributed by atoms with Crippen LogP contribution in [0.25, 0.3) is 0 Å². The van der Waals surface area contributed by atoms with E-state index in [1.165, 1.54) is 0 Å². The Morgan fingerprint density at radius 2 is 0.610 bits per heavy atom. The summed E-state index contributed by atoms with van der Waals surface area (Å²) in [5.41, 5.74) is 0. The summed E-state index contributed by atoms with van der Waals surface area (Å²) in [5, 5.41) is 0. The number of fused-ring (bicyclic) bond motifs is 4. The van der Waals surface area contributed by atoms with Crippen molar-refractivity contribution in [3.05, 3.63) is 39.0 Å². The molecule has 24 nitrogen and oxygen atoms in total. The summed E-state index contributed by atoms with van der Waals surface area (Å²) in [6.45, 7) is 20.2. The van der Waals surface area contributed by atoms with Gasteiger partial charge in [0.2, 0.25) is 0 Å². The fourth-order valence-electron chi connectivity index (χ4n) is 8.12. The summed E-state index contributed by atoms with van der Waals surface area (Å²) in [6.07, 6.45) is 1.25. The van der Waals surface area contributed by atoms with Crippen LogP contribution in [0.4, 0.5) is 0 Å². The second-order valence-electron chi connectivity index (χ2n) is 19.1. The van der Waals surface area contributed by atoms with Gasteiger partial charge in [0.05, 0.1) is 53.7 Å². The molecular weight excluding hydrogens is 1240 g/mol. The van der Waals surface area contributed by atoms with Crippen LogP contribution >= 0.6 is 45.3 Å². The monoisotopic (exact) mass is 1320 g/mol. The molecule has 2 unspecified atom stereocenters. The van der Waals surface area contributed by atoms with Crippen molar-refractivity contribution in [2.24, 2.45) is 0 Å². The highest BCUT2D eigenvalue weighted by Crippen LogP contribution is 2.46. The number of unbranched alkanes of at least 4 members (excludes halogenated alkanes) is 2. The van der Waals surface area contributed by atoms with Gasteiger partial charge >= 0.3 is 5.71 Å². The molecule has 8 rings (SSSR count). The molecule has 0 radical (unpaired) electrons. The molecule has 0 saturated carbocycles. The summed E-state index contributed by atoms with van der Waals surface area (Å²) in [7, 11) is -16.6. The van der Waals surface area contributed by atoms with Gasteiger partial charge in [-0.2, -0.15) is 0 Å². The molecule has 4 aromatic rings. The molecule has 82 heavy (non-hydrogen) atoms. The van der Waals surface area contributed by atoms with Crippen LogP contribution in [0.3, 0.4) is 0 Å². The summed E-state index contributed by atoms with van der Waals surface area (Å²) < 4.78 is 193. The van der Waals surface area contributed by atoms with Gasteiger partial charge in [-0.05, 0) is 93.9 Å². The van der Waals surface area contributed by atoms with Crippen molar-refractivity contribution in [2.45, 2.75) is 118 Å². The Hall–Kier alpha value is -3.32. The van der Waals surface area contributed by atoms with Crippen LogP contribution in [-0.4, -0.2) is 179 Å². The number of thiophene rings is 4. The maximum Gasteiger partial charge on any atom is 1.00 e. The lowest BCUT2D eigenvalue weighted by molar-refractivity contribution is 0.00148. The van der Waals surface area contributed by atoms with E-state index in [9.17, 15) is 51.9 Å². The summed E-state index contributed by atoms with van der Waals surface area (Å²) in [4.78, 5) is 8.67. The highest BCUT2D eigenvalue weighted by atomic mass is 32.2. The van der Waals surface area contributed by atoms with Gasteiger partial charge in [0.15, 0.2) is 58.2 Å². The number of ether oxygens (including phenoxy) is 12. The van der Waals surface area contributed by atoms with Crippen LogP contribution in [0.2, 0.25) is 0 Å². The van der Waals surface area contributed by atoms with Crippen molar-refractivity contribution >= 4 is 85.8 Å². The Kier molecular flexibility index (Phi) is 27.5. The quantitative estimate of drug-likeness (QED) is 0.0500. The van der Waals surface area contributed by atoms with E-state index in [4.69, 9.17) is 56.8 Å². The molecule has 4 aromatic heterocycles. The molecule has 32 heteroatoms. The molecule has 0 spiro atoms. The van der Waals surface area contributed by atoms with Crippen LogP contribution in [0.1, 0.15) is 83.2 Å². The van der Waals surface area contributed by atoms with Gasteiger partial charge in [-0.1, -0.05) is 0 Å². The van der Waals surface area contributed by atoms with Crippen molar-refractivity contribution < 1.29 is 114 Å². The average molecular weight is 1320 g/mol. The van der Waals surface area contributed by atoms with Gasteiger partial charge in [0.1, 0.15) is 51.8 Å². The predicted octanol–water partition coefficient (Wildman–Crippen LogP) is 7.06. The number of aryl methyl sites for hydroxylation is 8. The third-order valence-electron chi connectivity index (χ3n) is 11.9. The van der Waals surface area contributed by atoms with E-state index in [1.807, 2.05) is 55.4 Å². The summed E-state index contributed by atoms with van der Waals surface area (Å²) in [5.74, 6) is 4.83. The normalized spacial score (nSPS) is 17.1. The average Bonchev–Trinajstić information content (AvgIpc) is 4.09. The van der Waals surface area contributed by atoms with E-state index >= 15 is 0 Å². The van der Waals surface area contributed by atoms with Crippen LogP contribution in [-0.2, 0) is 59.4 Å². The number of rotatable bonds is 24. The second kappa shape index (κ2) is 32.4. The predicted molar refractivity (Wildman–Crippen MR) is 308 cm³/mol. The van der Waals surface area contributed by atoms with E-state index in [2.05, 4.69) is 0 Å². The first-order chi connectivity index (χ1) is 38.5.